The maximum absolute atomic E-state index is 12.1. The van der Waals surface area contributed by atoms with E-state index in [4.69, 9.17) is 16.3 Å². The summed E-state index contributed by atoms with van der Waals surface area (Å²) in [4.78, 5) is 16.5. The summed E-state index contributed by atoms with van der Waals surface area (Å²) in [7, 11) is 0. The van der Waals surface area contributed by atoms with Crippen LogP contribution in [-0.4, -0.2) is 26.8 Å². The average Bonchev–Trinajstić information content (AvgIpc) is 3.16. The molecule has 2 N–H and O–H groups in total. The van der Waals surface area contributed by atoms with Crippen molar-refractivity contribution >= 4 is 29.3 Å². The maximum atomic E-state index is 12.1. The third kappa shape index (κ3) is 5.74. The van der Waals surface area contributed by atoms with Crippen LogP contribution in [0.3, 0.4) is 0 Å². The molecule has 3 rings (SSSR count). The molecule has 0 radical (unpaired) electrons. The van der Waals surface area contributed by atoms with Gasteiger partial charge in [0, 0.05) is 5.02 Å². The number of aromatic amines is 1. The Kier molecular flexibility index (Phi) is 6.95. The molecule has 0 fully saturated rings. The number of aryl methyl sites for hydroxylation is 1. The van der Waals surface area contributed by atoms with E-state index >= 15 is 0 Å². The zero-order valence-corrected chi connectivity index (χ0v) is 17.2. The van der Waals surface area contributed by atoms with Gasteiger partial charge in [-0.05, 0) is 43.2 Å². The molecular weight excluding hydrogens is 396 g/mol. The Balaban J connectivity index is 1.45. The molecule has 8 heteroatoms. The van der Waals surface area contributed by atoms with E-state index in [1.54, 1.807) is 12.1 Å². The van der Waals surface area contributed by atoms with Crippen molar-refractivity contribution in [2.24, 2.45) is 0 Å². The molecule has 6 nitrogen and oxygen atoms in total. The number of ether oxygens (including phenoxy) is 1. The number of amides is 1. The van der Waals surface area contributed by atoms with Gasteiger partial charge in [-0.15, -0.1) is 5.10 Å². The van der Waals surface area contributed by atoms with E-state index in [0.717, 1.165) is 11.1 Å². The summed E-state index contributed by atoms with van der Waals surface area (Å²) in [6, 6.07) is 15.3. The minimum atomic E-state index is -0.0689. The second-order valence-electron chi connectivity index (χ2n) is 6.25. The van der Waals surface area contributed by atoms with Gasteiger partial charge in [0.2, 0.25) is 11.1 Å². The van der Waals surface area contributed by atoms with Crippen LogP contribution in [0.4, 0.5) is 0 Å². The fourth-order valence-electron chi connectivity index (χ4n) is 2.50. The SMILES string of the molecule is Cc1cc(OCc2nc(SCC(=O)N[C@@H](C)c3ccccc3)n[nH]2)ccc1Cl. The Labute approximate surface area is 173 Å². The Bertz CT molecular complexity index is 933. The molecule has 146 valence electrons. The highest BCUT2D eigenvalue weighted by Gasteiger charge is 2.12. The van der Waals surface area contributed by atoms with Crippen LogP contribution in [0.2, 0.25) is 5.02 Å². The monoisotopic (exact) mass is 416 g/mol. The second kappa shape index (κ2) is 9.61. The predicted molar refractivity (Wildman–Crippen MR) is 111 cm³/mol. The Morgan fingerprint density at radius 1 is 1.29 bits per heavy atom. The van der Waals surface area contributed by atoms with E-state index in [1.807, 2.05) is 50.2 Å². The lowest BCUT2D eigenvalue weighted by Gasteiger charge is -2.13. The molecule has 0 saturated heterocycles. The van der Waals surface area contributed by atoms with Gasteiger partial charge in [0.15, 0.2) is 5.82 Å². The molecule has 0 aliphatic carbocycles. The lowest BCUT2D eigenvalue weighted by atomic mass is 10.1. The van der Waals surface area contributed by atoms with Crippen LogP contribution in [0.1, 0.15) is 29.9 Å². The first-order chi connectivity index (χ1) is 13.5. The average molecular weight is 417 g/mol. The normalized spacial score (nSPS) is 11.8. The topological polar surface area (TPSA) is 79.9 Å². The van der Waals surface area contributed by atoms with Crippen molar-refractivity contribution in [3.05, 3.63) is 70.5 Å². The lowest BCUT2D eigenvalue weighted by Crippen LogP contribution is -2.28. The number of aromatic nitrogens is 3. The van der Waals surface area contributed by atoms with Crippen molar-refractivity contribution in [1.82, 2.24) is 20.5 Å². The van der Waals surface area contributed by atoms with Gasteiger partial charge < -0.3 is 10.1 Å². The third-order valence-corrected chi connectivity index (χ3v) is 5.30. The number of hydrogen-bond donors (Lipinski definition) is 2. The van der Waals surface area contributed by atoms with Crippen molar-refractivity contribution in [2.75, 3.05) is 5.75 Å². The van der Waals surface area contributed by atoms with Crippen molar-refractivity contribution in [2.45, 2.75) is 31.7 Å². The fraction of sp³-hybridized carbons (Fsp3) is 0.250. The summed E-state index contributed by atoms with van der Waals surface area (Å²) in [6.07, 6.45) is 0. The number of thioether (sulfide) groups is 1. The van der Waals surface area contributed by atoms with E-state index in [9.17, 15) is 4.79 Å². The highest BCUT2D eigenvalue weighted by molar-refractivity contribution is 7.99. The zero-order valence-electron chi connectivity index (χ0n) is 15.6. The number of carbonyl (C=O) groups is 1. The lowest BCUT2D eigenvalue weighted by molar-refractivity contribution is -0.119. The summed E-state index contributed by atoms with van der Waals surface area (Å²) >= 11 is 7.28. The minimum Gasteiger partial charge on any atom is -0.486 e. The highest BCUT2D eigenvalue weighted by Crippen LogP contribution is 2.22. The minimum absolute atomic E-state index is 0.0479. The van der Waals surface area contributed by atoms with E-state index in [0.29, 0.717) is 21.8 Å². The van der Waals surface area contributed by atoms with Crippen molar-refractivity contribution < 1.29 is 9.53 Å². The van der Waals surface area contributed by atoms with E-state index in [2.05, 4.69) is 20.5 Å². The molecule has 1 heterocycles. The highest BCUT2D eigenvalue weighted by atomic mass is 35.5. The molecule has 1 aromatic heterocycles. The van der Waals surface area contributed by atoms with Crippen molar-refractivity contribution in [3.63, 3.8) is 0 Å². The van der Waals surface area contributed by atoms with Gasteiger partial charge in [-0.1, -0.05) is 53.7 Å². The number of carbonyl (C=O) groups excluding carboxylic acids is 1. The van der Waals surface area contributed by atoms with Crippen LogP contribution in [0.15, 0.2) is 53.7 Å². The van der Waals surface area contributed by atoms with Gasteiger partial charge in [-0.3, -0.25) is 9.89 Å². The first-order valence-electron chi connectivity index (χ1n) is 8.78. The number of H-pyrrole nitrogens is 1. The first kappa shape index (κ1) is 20.2. The van der Waals surface area contributed by atoms with Crippen LogP contribution in [0, 0.1) is 6.92 Å². The Hall–Kier alpha value is -2.51. The molecule has 1 atom stereocenters. The van der Waals surface area contributed by atoms with Crippen LogP contribution in [-0.2, 0) is 11.4 Å². The van der Waals surface area contributed by atoms with Gasteiger partial charge in [0.25, 0.3) is 0 Å². The molecule has 2 aromatic carbocycles. The van der Waals surface area contributed by atoms with E-state index < -0.39 is 0 Å². The van der Waals surface area contributed by atoms with Gasteiger partial charge in [-0.25, -0.2) is 4.98 Å². The number of halogens is 1. The van der Waals surface area contributed by atoms with Crippen LogP contribution >= 0.6 is 23.4 Å². The number of nitrogens with one attached hydrogen (secondary N) is 2. The number of hydrogen-bond acceptors (Lipinski definition) is 5. The Morgan fingerprint density at radius 3 is 2.82 bits per heavy atom. The number of rotatable bonds is 8. The van der Waals surface area contributed by atoms with Gasteiger partial charge >= 0.3 is 0 Å². The van der Waals surface area contributed by atoms with Crippen LogP contribution in [0.5, 0.6) is 5.75 Å². The van der Waals surface area contributed by atoms with Gasteiger partial charge in [0.05, 0.1) is 11.8 Å². The van der Waals surface area contributed by atoms with Gasteiger partial charge in [-0.2, -0.15) is 0 Å². The molecule has 0 bridgehead atoms. The maximum Gasteiger partial charge on any atom is 0.230 e. The summed E-state index contributed by atoms with van der Waals surface area (Å²) < 4.78 is 5.69. The predicted octanol–water partition coefficient (Wildman–Crippen LogP) is 4.32. The molecule has 0 aliphatic rings. The number of nitrogens with zero attached hydrogens (tertiary/aromatic N) is 2. The first-order valence-corrected chi connectivity index (χ1v) is 10.1. The van der Waals surface area contributed by atoms with Crippen LogP contribution < -0.4 is 10.1 Å². The standard InChI is InChI=1S/C20H21ClN4O2S/c1-13-10-16(8-9-17(13)21)27-11-18-23-20(25-24-18)28-12-19(26)22-14(2)15-6-4-3-5-7-15/h3-10,14H,11-12H2,1-2H3,(H,22,26)(H,23,24,25)/t14-/m0/s1. The Morgan fingerprint density at radius 2 is 2.07 bits per heavy atom. The van der Waals surface area contributed by atoms with Crippen molar-refractivity contribution in [3.8, 4) is 5.75 Å². The molecule has 1 amide bonds. The van der Waals surface area contributed by atoms with Crippen LogP contribution in [0.25, 0.3) is 0 Å². The molecular formula is C20H21ClN4O2S. The quantitative estimate of drug-likeness (QED) is 0.535. The van der Waals surface area contributed by atoms with Gasteiger partial charge in [0.1, 0.15) is 12.4 Å². The number of benzene rings is 2. The largest absolute Gasteiger partial charge is 0.486 e. The summed E-state index contributed by atoms with van der Waals surface area (Å²) in [5.74, 6) is 1.47. The van der Waals surface area contributed by atoms with E-state index in [-0.39, 0.29) is 24.3 Å². The molecule has 0 aliphatic heterocycles. The molecule has 0 saturated carbocycles. The zero-order chi connectivity index (χ0) is 19.9. The second-order valence-corrected chi connectivity index (χ2v) is 7.60. The summed E-state index contributed by atoms with van der Waals surface area (Å²) in [5.41, 5.74) is 2.01. The summed E-state index contributed by atoms with van der Waals surface area (Å²) in [5, 5.41) is 11.1. The molecule has 0 unspecified atom stereocenters. The summed E-state index contributed by atoms with van der Waals surface area (Å²) in [6.45, 7) is 4.13. The van der Waals surface area contributed by atoms with E-state index in [1.165, 1.54) is 11.8 Å². The van der Waals surface area contributed by atoms with Crippen molar-refractivity contribution in [1.29, 1.82) is 0 Å². The molecule has 0 spiro atoms. The fourth-order valence-corrected chi connectivity index (χ4v) is 3.25. The smallest absolute Gasteiger partial charge is 0.230 e. The molecule has 28 heavy (non-hydrogen) atoms. The molecule has 3 aromatic rings. The third-order valence-electron chi connectivity index (χ3n) is 4.03.